The fourth-order valence-electron chi connectivity index (χ4n) is 1.42. The van der Waals surface area contributed by atoms with E-state index in [0.717, 1.165) is 0 Å². The first-order chi connectivity index (χ1) is 6.66. The summed E-state index contributed by atoms with van der Waals surface area (Å²) >= 11 is 0. The smallest absolute Gasteiger partial charge is 0.271 e. The summed E-state index contributed by atoms with van der Waals surface area (Å²) in [6.45, 7) is 1.71. The van der Waals surface area contributed by atoms with Gasteiger partial charge >= 0.3 is 0 Å². The monoisotopic (exact) mass is 189 g/mol. The van der Waals surface area contributed by atoms with Crippen LogP contribution in [0.25, 0.3) is 11.1 Å². The van der Waals surface area contributed by atoms with E-state index in [0.29, 0.717) is 16.7 Å². The number of hydrogen-bond donors (Lipinski definition) is 0. The van der Waals surface area contributed by atoms with Gasteiger partial charge in [0.05, 0.1) is 11.6 Å². The Balaban J connectivity index is 3.12. The van der Waals surface area contributed by atoms with Gasteiger partial charge in [-0.05, 0) is 12.5 Å². The van der Waals surface area contributed by atoms with Crippen LogP contribution in [-0.4, -0.2) is 9.72 Å². The maximum Gasteiger partial charge on any atom is 0.271 e. The van der Waals surface area contributed by atoms with Crippen LogP contribution in [0.5, 0.6) is 0 Å². The molecule has 2 rings (SSSR count). The van der Waals surface area contributed by atoms with Gasteiger partial charge < -0.3 is 4.52 Å². The van der Waals surface area contributed by atoms with E-state index in [-0.39, 0.29) is 11.1 Å². The van der Waals surface area contributed by atoms with Crippen molar-refractivity contribution in [1.82, 2.24) is 9.72 Å². The molecule has 0 amide bonds. The largest absolute Gasteiger partial charge is 0.338 e. The minimum Gasteiger partial charge on any atom is -0.338 e. The molecule has 0 radical (unpaired) electrons. The number of pyridine rings is 1. The molecule has 0 N–H and O–H groups in total. The Kier molecular flexibility index (Phi) is 1.64. The predicted octanol–water partition coefficient (Wildman–Crippen LogP) is 0.707. The summed E-state index contributed by atoms with van der Waals surface area (Å²) < 4.78 is 6.20. The molecule has 2 aromatic rings. The minimum atomic E-state index is -0.353. The summed E-state index contributed by atoms with van der Waals surface area (Å²) in [5, 5.41) is 13.1. The molecule has 0 aliphatic heterocycles. The fourth-order valence-corrected chi connectivity index (χ4v) is 1.42. The molecule has 0 aliphatic carbocycles. The lowest BCUT2D eigenvalue weighted by atomic mass is 10.1. The van der Waals surface area contributed by atoms with Crippen molar-refractivity contribution in [1.29, 1.82) is 5.26 Å². The summed E-state index contributed by atoms with van der Waals surface area (Å²) in [5.41, 5.74) is 0.802. The molecule has 14 heavy (non-hydrogen) atoms. The van der Waals surface area contributed by atoms with Crippen LogP contribution in [-0.2, 0) is 7.05 Å². The van der Waals surface area contributed by atoms with E-state index in [1.165, 1.54) is 10.8 Å². The van der Waals surface area contributed by atoms with Crippen molar-refractivity contribution in [2.75, 3.05) is 0 Å². The topological polar surface area (TPSA) is 71.8 Å². The highest BCUT2D eigenvalue weighted by atomic mass is 16.5. The van der Waals surface area contributed by atoms with Crippen molar-refractivity contribution < 1.29 is 4.52 Å². The molecule has 0 aliphatic rings. The molecule has 0 fully saturated rings. The van der Waals surface area contributed by atoms with Gasteiger partial charge in [0.15, 0.2) is 0 Å². The summed E-state index contributed by atoms with van der Waals surface area (Å²) in [6, 6.07) is 1.88. The second-order valence-electron chi connectivity index (χ2n) is 3.02. The molecule has 2 heterocycles. The van der Waals surface area contributed by atoms with Crippen LogP contribution in [0.15, 0.2) is 15.5 Å². The lowest BCUT2D eigenvalue weighted by Crippen LogP contribution is -2.20. The second-order valence-corrected chi connectivity index (χ2v) is 3.02. The second kappa shape index (κ2) is 2.70. The van der Waals surface area contributed by atoms with Gasteiger partial charge in [-0.15, -0.1) is 0 Å². The van der Waals surface area contributed by atoms with Gasteiger partial charge in [0, 0.05) is 7.05 Å². The zero-order valence-electron chi connectivity index (χ0n) is 7.74. The summed E-state index contributed by atoms with van der Waals surface area (Å²) in [6.07, 6.45) is 1.50. The van der Waals surface area contributed by atoms with Crippen molar-refractivity contribution in [3.8, 4) is 6.07 Å². The van der Waals surface area contributed by atoms with Crippen LogP contribution in [0.3, 0.4) is 0 Å². The van der Waals surface area contributed by atoms with Crippen LogP contribution in [0.1, 0.15) is 11.1 Å². The molecule has 5 nitrogen and oxygen atoms in total. The number of nitriles is 1. The van der Waals surface area contributed by atoms with Crippen LogP contribution in [0, 0.1) is 18.3 Å². The molecule has 2 aromatic heterocycles. The van der Waals surface area contributed by atoms with Crippen molar-refractivity contribution in [3.05, 3.63) is 27.7 Å². The molecule has 0 spiro atoms. The molecule has 0 saturated carbocycles. The number of aromatic nitrogens is 2. The van der Waals surface area contributed by atoms with E-state index in [9.17, 15) is 4.79 Å². The van der Waals surface area contributed by atoms with Crippen molar-refractivity contribution >= 4 is 11.1 Å². The molecule has 0 atom stereocenters. The Hall–Kier alpha value is -2.09. The Morgan fingerprint density at radius 1 is 1.64 bits per heavy atom. The standard InChI is InChI=1S/C9H7N3O2/c1-5-6(3-10)8(13)12(2)9-7(5)4-11-14-9/h4H,1-2H3. The Morgan fingerprint density at radius 2 is 2.36 bits per heavy atom. The van der Waals surface area contributed by atoms with E-state index < -0.39 is 0 Å². The van der Waals surface area contributed by atoms with Crippen LogP contribution in [0.4, 0.5) is 0 Å². The summed E-state index contributed by atoms with van der Waals surface area (Å²) in [7, 11) is 1.55. The van der Waals surface area contributed by atoms with E-state index in [1.54, 1.807) is 14.0 Å². The van der Waals surface area contributed by atoms with E-state index in [2.05, 4.69) is 5.16 Å². The molecule has 70 valence electrons. The molecular weight excluding hydrogens is 182 g/mol. The number of rotatable bonds is 0. The number of hydrogen-bond acceptors (Lipinski definition) is 4. The molecule has 0 aromatic carbocycles. The zero-order chi connectivity index (χ0) is 10.3. The molecule has 0 bridgehead atoms. The van der Waals surface area contributed by atoms with Gasteiger partial charge in [-0.3, -0.25) is 9.36 Å². The van der Waals surface area contributed by atoms with Crippen LogP contribution < -0.4 is 5.56 Å². The summed E-state index contributed by atoms with van der Waals surface area (Å²) in [4.78, 5) is 11.6. The third kappa shape index (κ3) is 0.879. The van der Waals surface area contributed by atoms with Crippen LogP contribution >= 0.6 is 0 Å². The molecule has 0 saturated heterocycles. The lowest BCUT2D eigenvalue weighted by molar-refractivity contribution is 0.437. The van der Waals surface area contributed by atoms with Gasteiger partial charge in [0.25, 0.3) is 5.56 Å². The van der Waals surface area contributed by atoms with E-state index >= 15 is 0 Å². The average molecular weight is 189 g/mol. The van der Waals surface area contributed by atoms with Crippen LogP contribution in [0.2, 0.25) is 0 Å². The van der Waals surface area contributed by atoms with Crippen molar-refractivity contribution in [2.24, 2.45) is 7.05 Å². The maximum atomic E-state index is 11.6. The first-order valence-electron chi connectivity index (χ1n) is 4.01. The minimum absolute atomic E-state index is 0.142. The highest BCUT2D eigenvalue weighted by Gasteiger charge is 2.14. The van der Waals surface area contributed by atoms with E-state index in [1.807, 2.05) is 6.07 Å². The maximum absolute atomic E-state index is 11.6. The number of aryl methyl sites for hydroxylation is 2. The quantitative estimate of drug-likeness (QED) is 0.611. The van der Waals surface area contributed by atoms with Gasteiger partial charge in [0.1, 0.15) is 11.6 Å². The number of fused-ring (bicyclic) bond motifs is 1. The Morgan fingerprint density at radius 3 is 3.00 bits per heavy atom. The molecular formula is C9H7N3O2. The van der Waals surface area contributed by atoms with Crippen molar-refractivity contribution in [2.45, 2.75) is 6.92 Å². The fraction of sp³-hybridized carbons (Fsp3) is 0.222. The van der Waals surface area contributed by atoms with Crippen molar-refractivity contribution in [3.63, 3.8) is 0 Å². The van der Waals surface area contributed by atoms with Gasteiger partial charge in [-0.1, -0.05) is 5.16 Å². The normalized spacial score (nSPS) is 10.4. The molecule has 0 unspecified atom stereocenters. The predicted molar refractivity (Wildman–Crippen MR) is 48.7 cm³/mol. The van der Waals surface area contributed by atoms with Gasteiger partial charge in [-0.25, -0.2) is 0 Å². The lowest BCUT2D eigenvalue weighted by Gasteiger charge is -2.01. The molecule has 5 heteroatoms. The Labute approximate surface area is 79.2 Å². The van der Waals surface area contributed by atoms with Gasteiger partial charge in [0.2, 0.25) is 5.71 Å². The third-order valence-corrected chi connectivity index (χ3v) is 2.27. The van der Waals surface area contributed by atoms with Gasteiger partial charge in [-0.2, -0.15) is 5.26 Å². The first-order valence-corrected chi connectivity index (χ1v) is 4.01. The SMILES string of the molecule is Cc1c(C#N)c(=O)n(C)c2oncc12. The summed E-state index contributed by atoms with van der Waals surface area (Å²) in [5.74, 6) is 0. The zero-order valence-corrected chi connectivity index (χ0v) is 7.74. The highest BCUT2D eigenvalue weighted by Crippen LogP contribution is 2.17. The Bertz CT molecular complexity index is 601. The third-order valence-electron chi connectivity index (χ3n) is 2.27. The average Bonchev–Trinajstić information content (AvgIpc) is 2.64. The highest BCUT2D eigenvalue weighted by molar-refractivity contribution is 5.78. The van der Waals surface area contributed by atoms with E-state index in [4.69, 9.17) is 9.78 Å². The number of nitrogens with zero attached hydrogens (tertiary/aromatic N) is 3. The first kappa shape index (κ1) is 8.51.